The maximum absolute atomic E-state index is 10.5. The molecule has 0 aliphatic carbocycles. The first kappa shape index (κ1) is 22.8. The van der Waals surface area contributed by atoms with Crippen molar-refractivity contribution in [2.75, 3.05) is 0 Å². The van der Waals surface area contributed by atoms with Gasteiger partial charge in [0, 0.05) is 0 Å². The number of phenols is 2. The maximum Gasteiger partial charge on any atom is 0.122 e. The summed E-state index contributed by atoms with van der Waals surface area (Å²) in [5.41, 5.74) is 7.36. The number of hydrogen-bond donors (Lipinski definition) is 2. The van der Waals surface area contributed by atoms with Crippen molar-refractivity contribution in [2.24, 2.45) is 0 Å². The predicted molar refractivity (Wildman–Crippen MR) is 121 cm³/mol. The molecule has 0 fully saturated rings. The van der Waals surface area contributed by atoms with E-state index in [1.807, 2.05) is 54.5 Å². The van der Waals surface area contributed by atoms with Crippen LogP contribution in [0.1, 0.15) is 66.6 Å². The van der Waals surface area contributed by atoms with Gasteiger partial charge in [0.05, 0.1) is 0 Å². The van der Waals surface area contributed by atoms with Crippen molar-refractivity contribution in [3.05, 3.63) is 45.0 Å². The zero-order valence-electron chi connectivity index (χ0n) is 19.0. The highest BCUT2D eigenvalue weighted by atomic mass is 16.3. The summed E-state index contributed by atoms with van der Waals surface area (Å²) in [7, 11) is 0. The summed E-state index contributed by atoms with van der Waals surface area (Å²) in [4.78, 5) is 0. The van der Waals surface area contributed by atoms with E-state index in [0.29, 0.717) is 11.5 Å². The normalized spacial score (nSPS) is 10.3. The van der Waals surface area contributed by atoms with E-state index in [4.69, 9.17) is 0 Å². The van der Waals surface area contributed by atoms with E-state index < -0.39 is 0 Å². The number of aromatic hydroxyl groups is 2. The molecule has 3 rings (SSSR count). The lowest BCUT2D eigenvalue weighted by molar-refractivity contribution is 0.467. The molecule has 2 N–H and O–H groups in total. The molecule has 0 heterocycles. The Bertz CT molecular complexity index is 996. The zero-order valence-corrected chi connectivity index (χ0v) is 19.0. The number of phenolic OH excluding ortho intramolecular Hbond substituents is 2. The Morgan fingerprint density at radius 3 is 1.41 bits per heavy atom. The van der Waals surface area contributed by atoms with Gasteiger partial charge in [0.2, 0.25) is 0 Å². The second-order valence-corrected chi connectivity index (χ2v) is 6.81. The summed E-state index contributed by atoms with van der Waals surface area (Å²) in [6, 6.07) is 1.85. The molecule has 3 aromatic rings. The molecule has 0 amide bonds. The van der Waals surface area contributed by atoms with Crippen LogP contribution in [0.2, 0.25) is 0 Å². The van der Waals surface area contributed by atoms with Gasteiger partial charge < -0.3 is 10.2 Å². The first-order chi connectivity index (χ1) is 12.7. The van der Waals surface area contributed by atoms with Crippen molar-refractivity contribution in [1.29, 1.82) is 0 Å². The molecular weight excluding hydrogens is 332 g/mol. The van der Waals surface area contributed by atoms with Gasteiger partial charge in [-0.05, 0) is 115 Å². The molecule has 0 aliphatic heterocycles. The van der Waals surface area contributed by atoms with Crippen LogP contribution in [0.25, 0.3) is 21.5 Å². The van der Waals surface area contributed by atoms with Crippen molar-refractivity contribution < 1.29 is 10.2 Å². The lowest BCUT2D eigenvalue weighted by Gasteiger charge is -2.21. The molecule has 27 heavy (non-hydrogen) atoms. The van der Waals surface area contributed by atoms with Gasteiger partial charge in [0.25, 0.3) is 0 Å². The molecule has 2 heteroatoms. The minimum atomic E-state index is 0.336. The monoisotopic (exact) mass is 368 g/mol. The predicted octanol–water partition coefficient (Wildman–Crippen LogP) is 7.62. The van der Waals surface area contributed by atoms with Gasteiger partial charge in [-0.3, -0.25) is 0 Å². The van der Waals surface area contributed by atoms with E-state index in [0.717, 1.165) is 44.2 Å². The van der Waals surface area contributed by atoms with Gasteiger partial charge in [-0.15, -0.1) is 0 Å². The van der Waals surface area contributed by atoms with E-state index in [9.17, 15) is 10.2 Å². The molecule has 0 aliphatic rings. The third-order valence-electron chi connectivity index (χ3n) is 5.53. The van der Waals surface area contributed by atoms with Gasteiger partial charge in [-0.2, -0.15) is 0 Å². The van der Waals surface area contributed by atoms with Crippen LogP contribution in [0, 0.1) is 48.5 Å². The first-order valence-electron chi connectivity index (χ1n) is 10.0. The summed E-state index contributed by atoms with van der Waals surface area (Å²) < 4.78 is 0. The zero-order chi connectivity index (χ0) is 21.2. The Morgan fingerprint density at radius 2 is 0.889 bits per heavy atom. The Kier molecular flexibility index (Phi) is 7.31. The molecule has 0 saturated heterocycles. The van der Waals surface area contributed by atoms with Crippen LogP contribution in [0.15, 0.2) is 6.07 Å². The maximum atomic E-state index is 10.5. The molecular formula is C25H36O2. The second kappa shape index (κ2) is 8.65. The van der Waals surface area contributed by atoms with E-state index in [2.05, 4.69) is 27.7 Å². The Balaban J connectivity index is 0.000000855. The lowest BCUT2D eigenvalue weighted by atomic mass is 9.83. The average Bonchev–Trinajstić information content (AvgIpc) is 2.67. The SMILES string of the molecule is CC.CC.Cc1c(O)c(C)c2c(C)c3c(C)c(O)cc(C)c3c(C)c2c1C. The number of rotatable bonds is 0. The van der Waals surface area contributed by atoms with Crippen molar-refractivity contribution in [1.82, 2.24) is 0 Å². The van der Waals surface area contributed by atoms with Crippen molar-refractivity contribution in [2.45, 2.75) is 76.2 Å². The Hall–Kier alpha value is -2.22. The van der Waals surface area contributed by atoms with Crippen molar-refractivity contribution in [3.8, 4) is 11.5 Å². The molecule has 3 aromatic carbocycles. The van der Waals surface area contributed by atoms with E-state index in [-0.39, 0.29) is 0 Å². The highest BCUT2D eigenvalue weighted by molar-refractivity contribution is 6.11. The standard InChI is InChI=1S/C21H24O2.2C2H6/c1-9-8-16(22)12(4)19-14(6)20-15(7)21(23)11(3)10(2)18(20)13(5)17(9)19;2*1-2/h8,22-23H,1-7H3;2*1-2H3. The third-order valence-corrected chi connectivity index (χ3v) is 5.53. The molecule has 0 saturated carbocycles. The largest absolute Gasteiger partial charge is 0.508 e. The van der Waals surface area contributed by atoms with Crippen LogP contribution in [0.3, 0.4) is 0 Å². The van der Waals surface area contributed by atoms with E-state index in [1.165, 1.54) is 16.3 Å². The van der Waals surface area contributed by atoms with Crippen molar-refractivity contribution in [3.63, 3.8) is 0 Å². The molecule has 0 spiro atoms. The van der Waals surface area contributed by atoms with Crippen LogP contribution in [-0.4, -0.2) is 10.2 Å². The number of benzene rings is 3. The minimum Gasteiger partial charge on any atom is -0.508 e. The van der Waals surface area contributed by atoms with Gasteiger partial charge in [0.1, 0.15) is 11.5 Å². The van der Waals surface area contributed by atoms with Crippen LogP contribution in [-0.2, 0) is 0 Å². The highest BCUT2D eigenvalue weighted by Crippen LogP contribution is 2.44. The molecule has 2 nitrogen and oxygen atoms in total. The van der Waals surface area contributed by atoms with Crippen LogP contribution in [0.4, 0.5) is 0 Å². The van der Waals surface area contributed by atoms with Gasteiger partial charge in [0.15, 0.2) is 0 Å². The quantitative estimate of drug-likeness (QED) is 0.401. The van der Waals surface area contributed by atoms with Gasteiger partial charge >= 0.3 is 0 Å². The molecule has 0 atom stereocenters. The fourth-order valence-electron chi connectivity index (χ4n) is 4.18. The highest BCUT2D eigenvalue weighted by Gasteiger charge is 2.20. The minimum absolute atomic E-state index is 0.336. The van der Waals surface area contributed by atoms with Gasteiger partial charge in [-0.1, -0.05) is 27.7 Å². The van der Waals surface area contributed by atoms with Crippen LogP contribution in [0.5, 0.6) is 11.5 Å². The van der Waals surface area contributed by atoms with E-state index in [1.54, 1.807) is 0 Å². The van der Waals surface area contributed by atoms with Crippen LogP contribution >= 0.6 is 0 Å². The summed E-state index contributed by atoms with van der Waals surface area (Å²) in [6.07, 6.45) is 0. The van der Waals surface area contributed by atoms with Crippen molar-refractivity contribution >= 4 is 21.5 Å². The number of aryl methyl sites for hydroxylation is 6. The Morgan fingerprint density at radius 1 is 0.481 bits per heavy atom. The third kappa shape index (κ3) is 3.38. The smallest absolute Gasteiger partial charge is 0.122 e. The van der Waals surface area contributed by atoms with E-state index >= 15 is 0 Å². The van der Waals surface area contributed by atoms with Gasteiger partial charge in [-0.25, -0.2) is 0 Å². The molecule has 0 radical (unpaired) electrons. The average molecular weight is 369 g/mol. The summed E-state index contributed by atoms with van der Waals surface area (Å²) in [5, 5.41) is 25.4. The first-order valence-corrected chi connectivity index (χ1v) is 10.0. The second-order valence-electron chi connectivity index (χ2n) is 6.81. The fraction of sp³-hybridized carbons (Fsp3) is 0.440. The summed E-state index contributed by atoms with van der Waals surface area (Å²) in [5.74, 6) is 0.717. The topological polar surface area (TPSA) is 40.5 Å². The summed E-state index contributed by atoms with van der Waals surface area (Å²) >= 11 is 0. The summed E-state index contributed by atoms with van der Waals surface area (Å²) in [6.45, 7) is 22.3. The number of hydrogen-bond acceptors (Lipinski definition) is 2. The molecule has 0 unspecified atom stereocenters. The molecule has 0 aromatic heterocycles. The lowest BCUT2D eigenvalue weighted by Crippen LogP contribution is -1.99. The molecule has 0 bridgehead atoms. The van der Waals surface area contributed by atoms with Crippen LogP contribution < -0.4 is 0 Å². The Labute approximate surface area is 164 Å². The molecule has 148 valence electrons. The number of fused-ring (bicyclic) bond motifs is 2. The fourth-order valence-corrected chi connectivity index (χ4v) is 4.18.